The lowest BCUT2D eigenvalue weighted by atomic mass is 10.0. The standard InChI is InChI=1S/C18H25F3N2O4S/c1-4-23(28(3,25)26)14-9-11-22(12-10-14)17(24)13(2)27-16-8-6-5-7-15(16)18(19,20)21/h5-8,13-14H,4,9-12H2,1-3H3. The van der Waals surface area contributed by atoms with Gasteiger partial charge in [0.15, 0.2) is 6.10 Å². The molecule has 1 aromatic rings. The summed E-state index contributed by atoms with van der Waals surface area (Å²) in [4.78, 5) is 14.1. The third-order valence-corrected chi connectivity index (χ3v) is 6.17. The second kappa shape index (κ2) is 8.69. The molecule has 0 aliphatic carbocycles. The monoisotopic (exact) mass is 422 g/mol. The number of halogens is 3. The Kier molecular flexibility index (Phi) is 6.97. The van der Waals surface area contributed by atoms with Crippen LogP contribution in [-0.2, 0) is 21.0 Å². The van der Waals surface area contributed by atoms with Crippen LogP contribution < -0.4 is 4.74 Å². The van der Waals surface area contributed by atoms with Crippen LogP contribution in [-0.4, -0.2) is 61.6 Å². The number of hydrogen-bond acceptors (Lipinski definition) is 4. The summed E-state index contributed by atoms with van der Waals surface area (Å²) in [6, 6.07) is 4.57. The minimum Gasteiger partial charge on any atom is -0.480 e. The molecule has 0 N–H and O–H groups in total. The average molecular weight is 422 g/mol. The molecular formula is C18H25F3N2O4S. The maximum atomic E-state index is 13.1. The van der Waals surface area contributed by atoms with Crippen molar-refractivity contribution in [1.29, 1.82) is 0 Å². The Labute approximate surface area is 163 Å². The summed E-state index contributed by atoms with van der Waals surface area (Å²) in [7, 11) is -3.33. The predicted octanol–water partition coefficient (Wildman–Crippen LogP) is 2.75. The van der Waals surface area contributed by atoms with Crippen LogP contribution in [0.5, 0.6) is 5.75 Å². The second-order valence-electron chi connectivity index (χ2n) is 6.78. The van der Waals surface area contributed by atoms with E-state index in [0.717, 1.165) is 12.3 Å². The summed E-state index contributed by atoms with van der Waals surface area (Å²) in [5.74, 6) is -0.808. The number of ether oxygens (including phenoxy) is 1. The summed E-state index contributed by atoms with van der Waals surface area (Å²) in [5.41, 5.74) is -0.930. The van der Waals surface area contributed by atoms with Crippen LogP contribution in [0.4, 0.5) is 13.2 Å². The lowest BCUT2D eigenvalue weighted by Crippen LogP contribution is -2.50. The summed E-state index contributed by atoms with van der Waals surface area (Å²) < 4.78 is 69.6. The highest BCUT2D eigenvalue weighted by Gasteiger charge is 2.36. The van der Waals surface area contributed by atoms with Crippen molar-refractivity contribution in [3.63, 3.8) is 0 Å². The SMILES string of the molecule is CCN(C1CCN(C(=O)C(C)Oc2ccccc2C(F)(F)F)CC1)S(C)(=O)=O. The zero-order valence-corrected chi connectivity index (χ0v) is 16.9. The third kappa shape index (κ3) is 5.38. The molecule has 1 atom stereocenters. The number of rotatable bonds is 6. The van der Waals surface area contributed by atoms with Gasteiger partial charge in [0.05, 0.1) is 11.8 Å². The first kappa shape index (κ1) is 22.5. The van der Waals surface area contributed by atoms with E-state index in [4.69, 9.17) is 4.74 Å². The summed E-state index contributed by atoms with van der Waals surface area (Å²) in [5, 5.41) is 0. The van der Waals surface area contributed by atoms with Gasteiger partial charge in [-0.05, 0) is 31.9 Å². The van der Waals surface area contributed by atoms with E-state index in [1.807, 2.05) is 0 Å². The number of alkyl halides is 3. The van der Waals surface area contributed by atoms with E-state index in [0.29, 0.717) is 32.5 Å². The molecule has 1 fully saturated rings. The first-order valence-electron chi connectivity index (χ1n) is 9.03. The van der Waals surface area contributed by atoms with Crippen LogP contribution in [0.1, 0.15) is 32.3 Å². The van der Waals surface area contributed by atoms with Crippen LogP contribution in [0.2, 0.25) is 0 Å². The quantitative estimate of drug-likeness (QED) is 0.707. The van der Waals surface area contributed by atoms with E-state index < -0.39 is 33.8 Å². The third-order valence-electron chi connectivity index (χ3n) is 4.77. The number of benzene rings is 1. The van der Waals surface area contributed by atoms with Crippen molar-refractivity contribution in [2.45, 2.75) is 45.0 Å². The first-order valence-corrected chi connectivity index (χ1v) is 10.9. The Morgan fingerprint density at radius 3 is 2.36 bits per heavy atom. The highest BCUT2D eigenvalue weighted by Crippen LogP contribution is 2.36. The molecule has 1 unspecified atom stereocenters. The van der Waals surface area contributed by atoms with Gasteiger partial charge in [-0.1, -0.05) is 19.1 Å². The van der Waals surface area contributed by atoms with Crippen molar-refractivity contribution >= 4 is 15.9 Å². The summed E-state index contributed by atoms with van der Waals surface area (Å²) in [6.07, 6.45) is -3.57. The summed E-state index contributed by atoms with van der Waals surface area (Å²) >= 11 is 0. The molecule has 6 nitrogen and oxygen atoms in total. The molecule has 1 aliphatic rings. The molecular weight excluding hydrogens is 397 g/mol. The molecule has 28 heavy (non-hydrogen) atoms. The number of carbonyl (C=O) groups excluding carboxylic acids is 1. The Morgan fingerprint density at radius 2 is 1.86 bits per heavy atom. The number of likely N-dealkylation sites (tertiary alicyclic amines) is 1. The Bertz CT molecular complexity index is 790. The van der Waals surface area contributed by atoms with Crippen molar-refractivity contribution in [2.24, 2.45) is 0 Å². The minimum atomic E-state index is -4.58. The molecule has 1 aliphatic heterocycles. The van der Waals surface area contributed by atoms with Gasteiger partial charge in [0.1, 0.15) is 5.75 Å². The van der Waals surface area contributed by atoms with Gasteiger partial charge < -0.3 is 9.64 Å². The molecule has 158 valence electrons. The van der Waals surface area contributed by atoms with Crippen molar-refractivity contribution in [3.8, 4) is 5.75 Å². The lowest BCUT2D eigenvalue weighted by molar-refractivity contribution is -0.144. The zero-order valence-electron chi connectivity index (χ0n) is 16.1. The molecule has 1 amide bonds. The van der Waals surface area contributed by atoms with Crippen molar-refractivity contribution < 1.29 is 31.1 Å². The van der Waals surface area contributed by atoms with Gasteiger partial charge in [0.25, 0.3) is 5.91 Å². The van der Waals surface area contributed by atoms with Gasteiger partial charge in [-0.25, -0.2) is 8.42 Å². The molecule has 0 spiro atoms. The Hall–Kier alpha value is -1.81. The first-order chi connectivity index (χ1) is 12.9. The average Bonchev–Trinajstić information content (AvgIpc) is 2.60. The molecule has 0 saturated carbocycles. The highest BCUT2D eigenvalue weighted by atomic mass is 32.2. The number of nitrogens with zero attached hydrogens (tertiary/aromatic N) is 2. The number of hydrogen-bond donors (Lipinski definition) is 0. The van der Waals surface area contributed by atoms with Crippen LogP contribution in [0, 0.1) is 0 Å². The van der Waals surface area contributed by atoms with Gasteiger partial charge in [0.2, 0.25) is 10.0 Å². The van der Waals surface area contributed by atoms with Crippen molar-refractivity contribution in [1.82, 2.24) is 9.21 Å². The molecule has 10 heteroatoms. The minimum absolute atomic E-state index is 0.189. The normalized spacial score (nSPS) is 17.6. The Morgan fingerprint density at radius 1 is 1.29 bits per heavy atom. The van der Waals surface area contributed by atoms with E-state index in [1.54, 1.807) is 6.92 Å². The number of amides is 1. The van der Waals surface area contributed by atoms with Gasteiger partial charge in [0, 0.05) is 25.7 Å². The molecule has 2 rings (SSSR count). The van der Waals surface area contributed by atoms with Gasteiger partial charge in [-0.2, -0.15) is 17.5 Å². The number of carbonyl (C=O) groups is 1. The number of piperidine rings is 1. The fraction of sp³-hybridized carbons (Fsp3) is 0.611. The summed E-state index contributed by atoms with van der Waals surface area (Å²) in [6.45, 7) is 4.17. The molecule has 1 saturated heterocycles. The van der Waals surface area contributed by atoms with Crippen LogP contribution in [0.15, 0.2) is 24.3 Å². The maximum Gasteiger partial charge on any atom is 0.419 e. The van der Waals surface area contributed by atoms with Gasteiger partial charge >= 0.3 is 6.18 Å². The van der Waals surface area contributed by atoms with Crippen LogP contribution in [0.25, 0.3) is 0 Å². The molecule has 0 radical (unpaired) electrons. The van der Waals surface area contributed by atoms with E-state index in [-0.39, 0.29) is 11.8 Å². The van der Waals surface area contributed by atoms with E-state index in [9.17, 15) is 26.4 Å². The van der Waals surface area contributed by atoms with Crippen molar-refractivity contribution in [2.75, 3.05) is 25.9 Å². The number of para-hydroxylation sites is 1. The number of sulfonamides is 1. The largest absolute Gasteiger partial charge is 0.480 e. The zero-order chi connectivity index (χ0) is 21.1. The smallest absolute Gasteiger partial charge is 0.419 e. The van der Waals surface area contributed by atoms with Crippen LogP contribution >= 0.6 is 0 Å². The topological polar surface area (TPSA) is 66.9 Å². The fourth-order valence-electron chi connectivity index (χ4n) is 3.44. The Balaban J connectivity index is 2.01. The fourth-order valence-corrected chi connectivity index (χ4v) is 4.66. The van der Waals surface area contributed by atoms with E-state index >= 15 is 0 Å². The van der Waals surface area contributed by atoms with Crippen molar-refractivity contribution in [3.05, 3.63) is 29.8 Å². The predicted molar refractivity (Wildman–Crippen MR) is 98.4 cm³/mol. The molecule has 0 bridgehead atoms. The van der Waals surface area contributed by atoms with Gasteiger partial charge in [-0.3, -0.25) is 4.79 Å². The van der Waals surface area contributed by atoms with E-state index in [1.165, 1.54) is 34.3 Å². The molecule has 1 aromatic carbocycles. The van der Waals surface area contributed by atoms with Gasteiger partial charge in [-0.15, -0.1) is 0 Å². The van der Waals surface area contributed by atoms with Crippen LogP contribution in [0.3, 0.4) is 0 Å². The molecule has 0 aromatic heterocycles. The van der Waals surface area contributed by atoms with E-state index in [2.05, 4.69) is 0 Å². The molecule has 1 heterocycles. The lowest BCUT2D eigenvalue weighted by Gasteiger charge is -2.37. The highest BCUT2D eigenvalue weighted by molar-refractivity contribution is 7.88. The second-order valence-corrected chi connectivity index (χ2v) is 8.71. The maximum absolute atomic E-state index is 13.1.